The van der Waals surface area contributed by atoms with Crippen LogP contribution >= 0.6 is 0 Å². The van der Waals surface area contributed by atoms with E-state index in [4.69, 9.17) is 4.74 Å². The van der Waals surface area contributed by atoms with Crippen molar-refractivity contribution in [1.29, 1.82) is 0 Å². The van der Waals surface area contributed by atoms with E-state index >= 15 is 0 Å². The fraction of sp³-hybridized carbons (Fsp3) is 0.471. The summed E-state index contributed by atoms with van der Waals surface area (Å²) in [6.45, 7) is 4.16. The molecule has 0 saturated heterocycles. The maximum absolute atomic E-state index is 5.52. The number of rotatable bonds is 6. The molecule has 0 radical (unpaired) electrons. The second kappa shape index (κ2) is 8.47. The van der Waals surface area contributed by atoms with E-state index in [1.165, 1.54) is 11.1 Å². The van der Waals surface area contributed by atoms with E-state index in [-0.39, 0.29) is 0 Å². The lowest BCUT2D eigenvalue weighted by Crippen LogP contribution is -2.42. The number of aliphatic imine (C=N–C) groups is 1. The van der Waals surface area contributed by atoms with Crippen LogP contribution in [0.25, 0.3) is 0 Å². The molecule has 0 saturated carbocycles. The fourth-order valence-corrected chi connectivity index (χ4v) is 2.38. The highest BCUT2D eigenvalue weighted by Gasteiger charge is 2.11. The van der Waals surface area contributed by atoms with E-state index in [0.717, 1.165) is 32.0 Å². The number of hydrogen-bond acceptors (Lipinski definition) is 2. The van der Waals surface area contributed by atoms with Gasteiger partial charge in [0, 0.05) is 26.2 Å². The van der Waals surface area contributed by atoms with Crippen LogP contribution in [-0.2, 0) is 17.9 Å². The normalized spacial score (nSPS) is 15.4. The van der Waals surface area contributed by atoms with Crippen LogP contribution < -0.4 is 10.6 Å². The van der Waals surface area contributed by atoms with Gasteiger partial charge in [0.05, 0.1) is 6.61 Å². The summed E-state index contributed by atoms with van der Waals surface area (Å²) in [7, 11) is 1.81. The van der Waals surface area contributed by atoms with Gasteiger partial charge in [-0.15, -0.1) is 0 Å². The second-order valence-electron chi connectivity index (χ2n) is 5.12. The molecule has 2 rings (SSSR count). The van der Waals surface area contributed by atoms with Gasteiger partial charge < -0.3 is 15.4 Å². The number of hydrogen-bond donors (Lipinski definition) is 2. The zero-order chi connectivity index (χ0) is 14.9. The molecule has 0 amide bonds. The number of benzene rings is 1. The first-order valence-electron chi connectivity index (χ1n) is 7.60. The number of nitrogens with zero attached hydrogens (tertiary/aromatic N) is 1. The number of ether oxygens (including phenoxy) is 1. The summed E-state index contributed by atoms with van der Waals surface area (Å²) in [6.07, 6.45) is 6.56. The Morgan fingerprint density at radius 3 is 2.62 bits per heavy atom. The Bertz CT molecular complexity index is 489. The summed E-state index contributed by atoms with van der Waals surface area (Å²) in [5, 5.41) is 6.83. The molecule has 0 bridgehead atoms. The fourth-order valence-electron chi connectivity index (χ4n) is 2.38. The highest BCUT2D eigenvalue weighted by molar-refractivity contribution is 5.80. The molecular formula is C17H25N3O. The van der Waals surface area contributed by atoms with Crippen molar-refractivity contribution in [2.24, 2.45) is 4.99 Å². The van der Waals surface area contributed by atoms with Crippen LogP contribution in [0.15, 0.2) is 41.4 Å². The quantitative estimate of drug-likeness (QED) is 0.480. The van der Waals surface area contributed by atoms with Crippen LogP contribution in [0.1, 0.15) is 30.9 Å². The van der Waals surface area contributed by atoms with Gasteiger partial charge in [-0.05, 0) is 30.9 Å². The summed E-state index contributed by atoms with van der Waals surface area (Å²) < 4.78 is 5.52. The largest absolute Gasteiger partial charge is 0.377 e. The van der Waals surface area contributed by atoms with Gasteiger partial charge in [0.1, 0.15) is 0 Å². The highest BCUT2D eigenvalue weighted by atomic mass is 16.5. The monoisotopic (exact) mass is 287 g/mol. The molecule has 1 aliphatic rings. The van der Waals surface area contributed by atoms with Gasteiger partial charge in [0.2, 0.25) is 0 Å². The lowest BCUT2D eigenvalue weighted by molar-refractivity contribution is 0.133. The molecule has 0 aliphatic heterocycles. The third-order valence-electron chi connectivity index (χ3n) is 3.60. The third kappa shape index (κ3) is 4.90. The molecule has 0 spiro atoms. The van der Waals surface area contributed by atoms with Gasteiger partial charge in [0.25, 0.3) is 0 Å². The molecule has 4 heteroatoms. The van der Waals surface area contributed by atoms with Crippen LogP contribution in [0.4, 0.5) is 0 Å². The molecule has 114 valence electrons. The first-order chi connectivity index (χ1) is 10.3. The minimum Gasteiger partial charge on any atom is -0.377 e. The van der Waals surface area contributed by atoms with Crippen LogP contribution in [0, 0.1) is 0 Å². The van der Waals surface area contributed by atoms with Crippen LogP contribution in [0.2, 0.25) is 0 Å². The van der Waals surface area contributed by atoms with E-state index in [1.54, 1.807) is 0 Å². The minimum absolute atomic E-state index is 0.467. The number of nitrogens with one attached hydrogen (secondary N) is 2. The first kappa shape index (κ1) is 15.6. The highest BCUT2D eigenvalue weighted by Crippen LogP contribution is 2.11. The van der Waals surface area contributed by atoms with E-state index in [2.05, 4.69) is 52.0 Å². The molecule has 0 unspecified atom stereocenters. The van der Waals surface area contributed by atoms with Gasteiger partial charge in [-0.3, -0.25) is 4.99 Å². The summed E-state index contributed by atoms with van der Waals surface area (Å²) in [5.41, 5.74) is 2.48. The second-order valence-corrected chi connectivity index (χ2v) is 5.12. The molecular weight excluding hydrogens is 262 g/mol. The van der Waals surface area contributed by atoms with Crippen molar-refractivity contribution in [3.05, 3.63) is 47.5 Å². The van der Waals surface area contributed by atoms with Crippen molar-refractivity contribution >= 4 is 5.96 Å². The van der Waals surface area contributed by atoms with Gasteiger partial charge in [-0.2, -0.15) is 0 Å². The zero-order valence-electron chi connectivity index (χ0n) is 12.9. The lowest BCUT2D eigenvalue weighted by atomic mass is 10.1. The molecule has 0 heterocycles. The van der Waals surface area contributed by atoms with Crippen LogP contribution in [0.5, 0.6) is 0 Å². The Morgan fingerprint density at radius 2 is 1.95 bits per heavy atom. The average Bonchev–Trinajstić information content (AvgIpc) is 3.03. The Hall–Kier alpha value is -1.81. The van der Waals surface area contributed by atoms with Crippen LogP contribution in [0.3, 0.4) is 0 Å². The van der Waals surface area contributed by atoms with E-state index in [0.29, 0.717) is 12.6 Å². The van der Waals surface area contributed by atoms with Gasteiger partial charge in [-0.25, -0.2) is 0 Å². The molecule has 0 aromatic heterocycles. The standard InChI is InChI=1S/C17H25N3O/c1-3-21-13-15-9-5-4-8-14(15)12-19-17(18-2)20-16-10-6-7-11-16/h4-9,16H,3,10-13H2,1-2H3,(H2,18,19,20). The van der Waals surface area contributed by atoms with E-state index in [9.17, 15) is 0 Å². The summed E-state index contributed by atoms with van der Waals surface area (Å²) >= 11 is 0. The van der Waals surface area contributed by atoms with Crippen molar-refractivity contribution in [3.63, 3.8) is 0 Å². The average molecular weight is 287 g/mol. The van der Waals surface area contributed by atoms with Crippen molar-refractivity contribution in [1.82, 2.24) is 10.6 Å². The van der Waals surface area contributed by atoms with Crippen molar-refractivity contribution < 1.29 is 4.74 Å². The van der Waals surface area contributed by atoms with Crippen molar-refractivity contribution in [2.75, 3.05) is 13.7 Å². The first-order valence-corrected chi connectivity index (χ1v) is 7.60. The SMILES string of the molecule is CCOCc1ccccc1CNC(=NC)NC1CC=CC1. The topological polar surface area (TPSA) is 45.6 Å². The Labute approximate surface area is 127 Å². The predicted octanol–water partition coefficient (Wildman–Crippen LogP) is 2.61. The van der Waals surface area contributed by atoms with Gasteiger partial charge in [0.15, 0.2) is 5.96 Å². The molecule has 0 atom stereocenters. The van der Waals surface area contributed by atoms with E-state index in [1.807, 2.05) is 14.0 Å². The summed E-state index contributed by atoms with van der Waals surface area (Å²) in [6, 6.07) is 8.82. The molecule has 2 N–H and O–H groups in total. The van der Waals surface area contributed by atoms with Crippen molar-refractivity contribution in [2.45, 2.75) is 39.0 Å². The molecule has 1 aromatic carbocycles. The molecule has 4 nitrogen and oxygen atoms in total. The zero-order valence-corrected chi connectivity index (χ0v) is 12.9. The maximum atomic E-state index is 5.52. The van der Waals surface area contributed by atoms with Crippen molar-refractivity contribution in [3.8, 4) is 0 Å². The number of guanidine groups is 1. The summed E-state index contributed by atoms with van der Waals surface area (Å²) in [5.74, 6) is 0.856. The minimum atomic E-state index is 0.467. The smallest absolute Gasteiger partial charge is 0.191 e. The third-order valence-corrected chi connectivity index (χ3v) is 3.60. The Balaban J connectivity index is 1.88. The predicted molar refractivity (Wildman–Crippen MR) is 87.3 cm³/mol. The molecule has 0 fully saturated rings. The Kier molecular flexibility index (Phi) is 6.28. The van der Waals surface area contributed by atoms with Gasteiger partial charge in [-0.1, -0.05) is 36.4 Å². The molecule has 1 aliphatic carbocycles. The molecule has 1 aromatic rings. The Morgan fingerprint density at radius 1 is 1.24 bits per heavy atom. The van der Waals surface area contributed by atoms with Crippen LogP contribution in [-0.4, -0.2) is 25.7 Å². The van der Waals surface area contributed by atoms with E-state index < -0.39 is 0 Å². The maximum Gasteiger partial charge on any atom is 0.191 e. The lowest BCUT2D eigenvalue weighted by Gasteiger charge is -2.18. The molecule has 21 heavy (non-hydrogen) atoms. The summed E-state index contributed by atoms with van der Waals surface area (Å²) in [4.78, 5) is 4.29. The van der Waals surface area contributed by atoms with Gasteiger partial charge >= 0.3 is 0 Å².